The molecule has 0 atom stereocenters. The molecule has 0 fully saturated rings. The summed E-state index contributed by atoms with van der Waals surface area (Å²) in [5.41, 5.74) is 3.97. The van der Waals surface area contributed by atoms with Crippen LogP contribution >= 0.6 is 23.4 Å². The molecular weight excluding hydrogens is 404 g/mol. The Hall–Kier alpha value is -2.89. The number of allylic oxidation sites excluding steroid dienone is 1. The van der Waals surface area contributed by atoms with Gasteiger partial charge in [-0.15, -0.1) is 0 Å². The molecule has 0 unspecified atom stereocenters. The van der Waals surface area contributed by atoms with Gasteiger partial charge in [0.2, 0.25) is 11.6 Å². The highest BCUT2D eigenvalue weighted by Crippen LogP contribution is 2.46. The molecule has 6 heteroatoms. The molecule has 1 N–H and O–H groups in total. The summed E-state index contributed by atoms with van der Waals surface area (Å²) in [4.78, 5) is 31.4. The first kappa shape index (κ1) is 18.2. The highest BCUT2D eigenvalue weighted by molar-refractivity contribution is 7.99. The average molecular weight is 419 g/mol. The van der Waals surface area contributed by atoms with Crippen LogP contribution in [0.15, 0.2) is 64.4 Å². The van der Waals surface area contributed by atoms with E-state index in [1.807, 2.05) is 48.5 Å². The predicted molar refractivity (Wildman–Crippen MR) is 115 cm³/mol. The number of fused-ring (bicyclic) bond motifs is 4. The largest absolute Gasteiger partial charge is 0.365 e. The van der Waals surface area contributed by atoms with E-state index in [9.17, 15) is 9.59 Å². The Labute approximate surface area is 177 Å². The summed E-state index contributed by atoms with van der Waals surface area (Å²) in [6.07, 6.45) is 3.47. The maximum Gasteiger partial charge on any atom is 0.235 e. The normalized spacial score (nSPS) is 14.2. The summed E-state index contributed by atoms with van der Waals surface area (Å²) in [5.74, 6) is -0.277. The lowest BCUT2D eigenvalue weighted by molar-refractivity contribution is -0.110. The first-order valence-corrected chi connectivity index (χ1v) is 10.4. The quantitative estimate of drug-likeness (QED) is 0.464. The minimum atomic E-state index is -0.506. The van der Waals surface area contributed by atoms with E-state index in [0.29, 0.717) is 29.2 Å². The lowest BCUT2D eigenvalue weighted by Gasteiger charge is -2.25. The van der Waals surface area contributed by atoms with Gasteiger partial charge < -0.3 is 5.32 Å². The Kier molecular flexibility index (Phi) is 4.49. The maximum absolute atomic E-state index is 12.7. The fourth-order valence-electron chi connectivity index (χ4n) is 3.63. The topological polar surface area (TPSA) is 59.1 Å². The SMILES string of the molecule is O=C1C=Cc2nc(NCc3ccccc3)c3c(c2C1=O)Cc1cc(Cl)ccc1S3. The number of ketones is 2. The van der Waals surface area contributed by atoms with E-state index in [1.165, 1.54) is 6.08 Å². The van der Waals surface area contributed by atoms with Crippen LogP contribution < -0.4 is 5.32 Å². The molecule has 0 amide bonds. The van der Waals surface area contributed by atoms with Gasteiger partial charge in [-0.3, -0.25) is 9.59 Å². The summed E-state index contributed by atoms with van der Waals surface area (Å²) in [5, 5.41) is 4.07. The molecule has 2 aromatic carbocycles. The lowest BCUT2D eigenvalue weighted by Crippen LogP contribution is -2.22. The number of halogens is 1. The average Bonchev–Trinajstić information content (AvgIpc) is 2.74. The molecule has 0 spiro atoms. The van der Waals surface area contributed by atoms with Gasteiger partial charge >= 0.3 is 0 Å². The molecule has 3 aromatic rings. The maximum atomic E-state index is 12.7. The third-order valence-corrected chi connectivity index (χ3v) is 6.52. The highest BCUT2D eigenvalue weighted by atomic mass is 35.5. The van der Waals surface area contributed by atoms with Crippen LogP contribution in [0.5, 0.6) is 0 Å². The van der Waals surface area contributed by atoms with Gasteiger partial charge in [0.1, 0.15) is 5.82 Å². The smallest absolute Gasteiger partial charge is 0.235 e. The van der Waals surface area contributed by atoms with Gasteiger partial charge in [0, 0.05) is 22.9 Å². The number of carbonyl (C=O) groups is 2. The molecule has 1 aromatic heterocycles. The van der Waals surface area contributed by atoms with Gasteiger partial charge in [0.15, 0.2) is 0 Å². The van der Waals surface area contributed by atoms with Crippen molar-refractivity contribution in [1.29, 1.82) is 0 Å². The molecule has 29 heavy (non-hydrogen) atoms. The Bertz CT molecular complexity index is 1210. The minimum Gasteiger partial charge on any atom is -0.365 e. The number of nitrogens with zero attached hydrogens (tertiary/aromatic N) is 1. The minimum absolute atomic E-state index is 0.413. The van der Waals surface area contributed by atoms with E-state index in [4.69, 9.17) is 16.6 Å². The van der Waals surface area contributed by atoms with Gasteiger partial charge in [-0.2, -0.15) is 0 Å². The van der Waals surface area contributed by atoms with Gasteiger partial charge in [-0.1, -0.05) is 53.7 Å². The fraction of sp³-hybridized carbons (Fsp3) is 0.0870. The molecule has 0 saturated carbocycles. The second kappa shape index (κ2) is 7.17. The summed E-state index contributed by atoms with van der Waals surface area (Å²) < 4.78 is 0. The number of aromatic nitrogens is 1. The molecule has 1 aliphatic heterocycles. The van der Waals surface area contributed by atoms with Crippen molar-refractivity contribution in [2.24, 2.45) is 0 Å². The number of anilines is 1. The van der Waals surface area contributed by atoms with Crippen molar-refractivity contribution in [3.05, 3.63) is 87.6 Å². The molecule has 0 bridgehead atoms. The Morgan fingerprint density at radius 1 is 1.07 bits per heavy atom. The standard InChI is InChI=1S/C23H15ClN2O2S/c24-15-6-9-19-14(10-15)11-16-20-17(7-8-18(27)21(20)28)26-23(22(16)29-19)25-12-13-4-2-1-3-5-13/h1-10H,11-12H2,(H,25,26). The number of nitrogens with one attached hydrogen (secondary N) is 1. The second-order valence-corrected chi connectivity index (χ2v) is 8.41. The first-order chi connectivity index (χ1) is 14.1. The lowest BCUT2D eigenvalue weighted by atomic mass is 9.91. The van der Waals surface area contributed by atoms with E-state index >= 15 is 0 Å². The van der Waals surface area contributed by atoms with Crippen LogP contribution in [-0.2, 0) is 17.8 Å². The third kappa shape index (κ3) is 3.26. The summed E-state index contributed by atoms with van der Waals surface area (Å²) in [6.45, 7) is 0.615. The number of pyridine rings is 1. The zero-order valence-electron chi connectivity index (χ0n) is 15.2. The van der Waals surface area contributed by atoms with E-state index in [0.717, 1.165) is 32.3 Å². The Morgan fingerprint density at radius 3 is 2.72 bits per heavy atom. The van der Waals surface area contributed by atoms with Crippen molar-refractivity contribution < 1.29 is 9.59 Å². The molecule has 1 aliphatic carbocycles. The van der Waals surface area contributed by atoms with Crippen LogP contribution in [0.2, 0.25) is 5.02 Å². The molecule has 142 valence electrons. The summed E-state index contributed by atoms with van der Waals surface area (Å²) in [7, 11) is 0. The van der Waals surface area contributed by atoms with Gasteiger partial charge in [-0.25, -0.2) is 4.98 Å². The molecule has 2 aliphatic rings. The second-order valence-electron chi connectivity index (χ2n) is 6.93. The van der Waals surface area contributed by atoms with Crippen molar-refractivity contribution in [2.45, 2.75) is 22.8 Å². The zero-order valence-corrected chi connectivity index (χ0v) is 16.8. The van der Waals surface area contributed by atoms with Gasteiger partial charge in [0.05, 0.1) is 16.2 Å². The highest BCUT2D eigenvalue weighted by Gasteiger charge is 2.32. The van der Waals surface area contributed by atoms with Crippen LogP contribution in [0.1, 0.15) is 32.7 Å². The van der Waals surface area contributed by atoms with Crippen LogP contribution in [0, 0.1) is 0 Å². The van der Waals surface area contributed by atoms with E-state index in [1.54, 1.807) is 17.8 Å². The third-order valence-electron chi connectivity index (χ3n) is 5.03. The van der Waals surface area contributed by atoms with E-state index in [2.05, 4.69) is 5.32 Å². The van der Waals surface area contributed by atoms with Crippen molar-refractivity contribution in [3.63, 3.8) is 0 Å². The first-order valence-electron chi connectivity index (χ1n) is 9.18. The molecule has 0 radical (unpaired) electrons. The van der Waals surface area contributed by atoms with E-state index in [-0.39, 0.29) is 0 Å². The van der Waals surface area contributed by atoms with Crippen LogP contribution in [0.4, 0.5) is 5.82 Å². The van der Waals surface area contributed by atoms with Crippen LogP contribution in [0.25, 0.3) is 6.08 Å². The Morgan fingerprint density at radius 2 is 1.90 bits per heavy atom. The molecular formula is C23H15ClN2O2S. The number of benzene rings is 2. The molecule has 0 saturated heterocycles. The number of carbonyl (C=O) groups excluding carboxylic acids is 2. The van der Waals surface area contributed by atoms with Crippen LogP contribution in [-0.4, -0.2) is 16.6 Å². The zero-order chi connectivity index (χ0) is 20.0. The molecule has 2 heterocycles. The number of hydrogen-bond donors (Lipinski definition) is 1. The number of hydrogen-bond acceptors (Lipinski definition) is 5. The summed E-state index contributed by atoms with van der Waals surface area (Å²) >= 11 is 7.74. The number of Topliss-reactive ketones (excluding diaryl/α,β-unsaturated/α-hetero) is 1. The van der Waals surface area contributed by atoms with E-state index < -0.39 is 11.6 Å². The van der Waals surface area contributed by atoms with Crippen molar-refractivity contribution in [2.75, 3.05) is 5.32 Å². The van der Waals surface area contributed by atoms with Crippen molar-refractivity contribution >= 4 is 46.8 Å². The monoisotopic (exact) mass is 418 g/mol. The van der Waals surface area contributed by atoms with Gasteiger partial charge in [-0.05, 0) is 47.0 Å². The molecule has 5 rings (SSSR count). The summed E-state index contributed by atoms with van der Waals surface area (Å²) in [6, 6.07) is 15.8. The Balaban J connectivity index is 1.62. The van der Waals surface area contributed by atoms with Crippen molar-refractivity contribution in [1.82, 2.24) is 4.98 Å². The fourth-order valence-corrected chi connectivity index (χ4v) is 4.96. The van der Waals surface area contributed by atoms with Crippen LogP contribution in [0.3, 0.4) is 0 Å². The number of rotatable bonds is 3. The van der Waals surface area contributed by atoms with Gasteiger partial charge in [0.25, 0.3) is 0 Å². The van der Waals surface area contributed by atoms with Crippen molar-refractivity contribution in [3.8, 4) is 0 Å². The predicted octanol–water partition coefficient (Wildman–Crippen LogP) is 5.18. The molecule has 4 nitrogen and oxygen atoms in total.